The second kappa shape index (κ2) is 4.17. The van der Waals surface area contributed by atoms with Gasteiger partial charge in [-0.05, 0) is 24.3 Å². The van der Waals surface area contributed by atoms with Crippen LogP contribution in [0.15, 0.2) is 36.5 Å². The number of benzene rings is 1. The van der Waals surface area contributed by atoms with E-state index in [-0.39, 0.29) is 0 Å². The second-order valence-corrected chi connectivity index (χ2v) is 2.44. The molecule has 1 rings (SSSR count). The molecule has 0 spiro atoms. The number of ether oxygens (including phenoxy) is 1. The smallest absolute Gasteiger partial charge is 0.119 e. The van der Waals surface area contributed by atoms with Crippen LogP contribution in [0, 0.1) is 11.3 Å². The van der Waals surface area contributed by atoms with Crippen LogP contribution in [0.4, 0.5) is 5.69 Å². The van der Waals surface area contributed by atoms with Gasteiger partial charge in [0, 0.05) is 5.69 Å². The Morgan fingerprint density at radius 3 is 2.54 bits per heavy atom. The van der Waals surface area contributed by atoms with Crippen molar-refractivity contribution >= 4 is 5.69 Å². The minimum absolute atomic E-state index is 0.324. The molecule has 0 atom stereocenters. The molecule has 0 saturated heterocycles. The zero-order chi connectivity index (χ0) is 9.68. The van der Waals surface area contributed by atoms with Gasteiger partial charge in [-0.3, -0.25) is 0 Å². The van der Waals surface area contributed by atoms with E-state index in [1.165, 1.54) is 0 Å². The molecular formula is C10H10N2O. The summed E-state index contributed by atoms with van der Waals surface area (Å²) in [6, 6.07) is 9.17. The van der Waals surface area contributed by atoms with Crippen LogP contribution in [0.3, 0.4) is 0 Å². The van der Waals surface area contributed by atoms with Gasteiger partial charge in [-0.15, -0.1) is 0 Å². The van der Waals surface area contributed by atoms with E-state index >= 15 is 0 Å². The molecule has 66 valence electrons. The standard InChI is InChI=1S/C10H10N2O/c1-8(7-11)12-9-3-5-10(13-2)6-4-9/h3-6,12H,1H2,2H3. The summed E-state index contributed by atoms with van der Waals surface area (Å²) >= 11 is 0. The largest absolute Gasteiger partial charge is 0.497 e. The summed E-state index contributed by atoms with van der Waals surface area (Å²) in [6.45, 7) is 3.51. The monoisotopic (exact) mass is 174 g/mol. The van der Waals surface area contributed by atoms with Crippen LogP contribution >= 0.6 is 0 Å². The van der Waals surface area contributed by atoms with E-state index in [2.05, 4.69) is 11.9 Å². The number of hydrogen-bond acceptors (Lipinski definition) is 3. The number of anilines is 1. The SMILES string of the molecule is C=C(C#N)Nc1ccc(OC)cc1. The quantitative estimate of drug-likeness (QED) is 0.714. The first kappa shape index (κ1) is 9.14. The summed E-state index contributed by atoms with van der Waals surface area (Å²) in [5.74, 6) is 0.785. The molecular weight excluding hydrogens is 164 g/mol. The Balaban J connectivity index is 2.71. The van der Waals surface area contributed by atoms with E-state index in [1.54, 1.807) is 7.11 Å². The molecule has 0 fully saturated rings. The fraction of sp³-hybridized carbons (Fsp3) is 0.100. The van der Waals surface area contributed by atoms with Crippen LogP contribution in [0.1, 0.15) is 0 Å². The van der Waals surface area contributed by atoms with Crippen LogP contribution in [0.5, 0.6) is 5.75 Å². The van der Waals surface area contributed by atoms with Crippen molar-refractivity contribution in [2.75, 3.05) is 12.4 Å². The lowest BCUT2D eigenvalue weighted by Crippen LogP contribution is -1.94. The first-order chi connectivity index (χ1) is 6.26. The summed E-state index contributed by atoms with van der Waals surface area (Å²) in [6.07, 6.45) is 0. The van der Waals surface area contributed by atoms with Crippen molar-refractivity contribution in [2.24, 2.45) is 0 Å². The highest BCUT2D eigenvalue weighted by Gasteiger charge is 1.94. The molecule has 1 aromatic carbocycles. The van der Waals surface area contributed by atoms with Crippen molar-refractivity contribution in [1.29, 1.82) is 5.26 Å². The minimum Gasteiger partial charge on any atom is -0.497 e. The van der Waals surface area contributed by atoms with E-state index in [9.17, 15) is 0 Å². The molecule has 3 nitrogen and oxygen atoms in total. The summed E-state index contributed by atoms with van der Waals surface area (Å²) in [5.41, 5.74) is 1.15. The van der Waals surface area contributed by atoms with Gasteiger partial charge in [0.05, 0.1) is 7.11 Å². The second-order valence-electron chi connectivity index (χ2n) is 2.44. The summed E-state index contributed by atoms with van der Waals surface area (Å²) < 4.78 is 4.99. The molecule has 0 aliphatic carbocycles. The molecule has 0 saturated carbocycles. The van der Waals surface area contributed by atoms with Gasteiger partial charge in [-0.2, -0.15) is 5.26 Å². The fourth-order valence-electron chi connectivity index (χ4n) is 0.877. The Kier molecular flexibility index (Phi) is 2.93. The average molecular weight is 174 g/mol. The third-order valence-electron chi connectivity index (χ3n) is 1.52. The fourth-order valence-corrected chi connectivity index (χ4v) is 0.877. The van der Waals surface area contributed by atoms with Crippen LogP contribution in [0.2, 0.25) is 0 Å². The molecule has 0 aromatic heterocycles. The highest BCUT2D eigenvalue weighted by atomic mass is 16.5. The Morgan fingerprint density at radius 1 is 1.46 bits per heavy atom. The number of nitrogens with zero attached hydrogens (tertiary/aromatic N) is 1. The van der Waals surface area contributed by atoms with Gasteiger partial charge in [0.25, 0.3) is 0 Å². The Bertz CT molecular complexity index is 335. The zero-order valence-corrected chi connectivity index (χ0v) is 7.37. The maximum atomic E-state index is 8.46. The van der Waals surface area contributed by atoms with Crippen molar-refractivity contribution in [3.63, 3.8) is 0 Å². The normalized spacial score (nSPS) is 8.62. The lowest BCUT2D eigenvalue weighted by molar-refractivity contribution is 0.415. The lowest BCUT2D eigenvalue weighted by Gasteiger charge is -2.04. The molecule has 0 aliphatic rings. The van der Waals surface area contributed by atoms with Gasteiger partial charge in [0.15, 0.2) is 0 Å². The zero-order valence-electron chi connectivity index (χ0n) is 7.37. The Labute approximate surface area is 77.3 Å². The molecule has 0 radical (unpaired) electrons. The number of rotatable bonds is 3. The van der Waals surface area contributed by atoms with Crippen molar-refractivity contribution in [2.45, 2.75) is 0 Å². The highest BCUT2D eigenvalue weighted by Crippen LogP contribution is 2.15. The van der Waals surface area contributed by atoms with Gasteiger partial charge in [0.2, 0.25) is 0 Å². The maximum Gasteiger partial charge on any atom is 0.119 e. The number of methoxy groups -OCH3 is 1. The minimum atomic E-state index is 0.324. The third-order valence-corrected chi connectivity index (χ3v) is 1.52. The van der Waals surface area contributed by atoms with Crippen LogP contribution in [-0.4, -0.2) is 7.11 Å². The van der Waals surface area contributed by atoms with Crippen LogP contribution in [0.25, 0.3) is 0 Å². The van der Waals surface area contributed by atoms with Crippen LogP contribution < -0.4 is 10.1 Å². The topological polar surface area (TPSA) is 45.0 Å². The summed E-state index contributed by atoms with van der Waals surface area (Å²) in [7, 11) is 1.61. The molecule has 1 N–H and O–H groups in total. The van der Waals surface area contributed by atoms with Crippen LogP contribution in [-0.2, 0) is 0 Å². The van der Waals surface area contributed by atoms with E-state index in [4.69, 9.17) is 10.00 Å². The molecule has 0 heterocycles. The number of hydrogen-bond donors (Lipinski definition) is 1. The summed E-state index contributed by atoms with van der Waals surface area (Å²) in [4.78, 5) is 0. The van der Waals surface area contributed by atoms with Crippen molar-refractivity contribution < 1.29 is 4.74 Å². The van der Waals surface area contributed by atoms with E-state index in [0.717, 1.165) is 11.4 Å². The van der Waals surface area contributed by atoms with Gasteiger partial charge < -0.3 is 10.1 Å². The molecule has 0 amide bonds. The molecule has 3 heteroatoms. The molecule has 0 unspecified atom stereocenters. The predicted octanol–water partition coefficient (Wildman–Crippen LogP) is 2.14. The highest BCUT2D eigenvalue weighted by molar-refractivity contribution is 5.52. The van der Waals surface area contributed by atoms with Crippen molar-refractivity contribution in [3.8, 4) is 11.8 Å². The average Bonchev–Trinajstić information content (AvgIpc) is 2.19. The Morgan fingerprint density at radius 2 is 2.08 bits per heavy atom. The number of nitriles is 1. The molecule has 0 aliphatic heterocycles. The van der Waals surface area contributed by atoms with Gasteiger partial charge in [0.1, 0.15) is 17.5 Å². The molecule has 13 heavy (non-hydrogen) atoms. The van der Waals surface area contributed by atoms with Crippen molar-refractivity contribution in [3.05, 3.63) is 36.5 Å². The van der Waals surface area contributed by atoms with E-state index in [0.29, 0.717) is 5.70 Å². The van der Waals surface area contributed by atoms with Gasteiger partial charge >= 0.3 is 0 Å². The Hall–Kier alpha value is -1.95. The van der Waals surface area contributed by atoms with E-state index < -0.39 is 0 Å². The third kappa shape index (κ3) is 2.53. The lowest BCUT2D eigenvalue weighted by atomic mass is 10.3. The maximum absolute atomic E-state index is 8.46. The molecule has 1 aromatic rings. The first-order valence-corrected chi connectivity index (χ1v) is 3.76. The predicted molar refractivity (Wildman–Crippen MR) is 51.4 cm³/mol. The van der Waals surface area contributed by atoms with Crippen molar-refractivity contribution in [1.82, 2.24) is 0 Å². The van der Waals surface area contributed by atoms with E-state index in [1.807, 2.05) is 30.3 Å². The number of allylic oxidation sites excluding steroid dienone is 1. The van der Waals surface area contributed by atoms with Gasteiger partial charge in [-0.1, -0.05) is 6.58 Å². The number of nitrogens with one attached hydrogen (secondary N) is 1. The van der Waals surface area contributed by atoms with Gasteiger partial charge in [-0.25, -0.2) is 0 Å². The summed E-state index contributed by atoms with van der Waals surface area (Å²) in [5, 5.41) is 11.3. The first-order valence-electron chi connectivity index (χ1n) is 3.76. The molecule has 0 bridgehead atoms.